The molecule has 142 valence electrons. The van der Waals surface area contributed by atoms with Gasteiger partial charge in [-0.05, 0) is 61.1 Å². The van der Waals surface area contributed by atoms with E-state index in [0.29, 0.717) is 36.0 Å². The molecule has 0 atom stereocenters. The van der Waals surface area contributed by atoms with E-state index in [2.05, 4.69) is 10.6 Å². The number of nitrogens with zero attached hydrogens (tertiary/aromatic N) is 1. The van der Waals surface area contributed by atoms with Crippen molar-refractivity contribution in [1.29, 1.82) is 0 Å². The number of thiocarbonyl (C=S) groups is 1. The average Bonchev–Trinajstić information content (AvgIpc) is 3.08. The first kappa shape index (κ1) is 19.9. The van der Waals surface area contributed by atoms with Gasteiger partial charge in [0.25, 0.3) is 0 Å². The Bertz CT molecular complexity index is 832. The summed E-state index contributed by atoms with van der Waals surface area (Å²) in [5.41, 5.74) is 0.942. The standard InChI is InChI=1S/C19H19ClFN3OS2/c20-13-3-6-15(7-4-13)27-11-9-22-19(26)23-14-5-8-16(21)17(12-14)24-10-1-2-18(24)25/h3-8,12H,1-2,9-11H2,(H2,22,23,26). The minimum atomic E-state index is -0.408. The van der Waals surface area contributed by atoms with Gasteiger partial charge in [0, 0.05) is 40.9 Å². The Balaban J connectivity index is 1.49. The zero-order valence-corrected chi connectivity index (χ0v) is 16.9. The number of thioether (sulfide) groups is 1. The molecule has 0 radical (unpaired) electrons. The van der Waals surface area contributed by atoms with Gasteiger partial charge < -0.3 is 15.5 Å². The molecule has 3 rings (SSSR count). The first-order valence-corrected chi connectivity index (χ1v) is 10.3. The van der Waals surface area contributed by atoms with Crippen LogP contribution in [-0.2, 0) is 4.79 Å². The minimum absolute atomic E-state index is 0.0500. The average molecular weight is 424 g/mol. The number of amides is 1. The van der Waals surface area contributed by atoms with Crippen molar-refractivity contribution in [2.24, 2.45) is 0 Å². The van der Waals surface area contributed by atoms with E-state index in [4.69, 9.17) is 23.8 Å². The highest BCUT2D eigenvalue weighted by atomic mass is 35.5. The Morgan fingerprint density at radius 1 is 1.26 bits per heavy atom. The highest BCUT2D eigenvalue weighted by Crippen LogP contribution is 2.27. The highest BCUT2D eigenvalue weighted by molar-refractivity contribution is 7.99. The molecule has 1 amide bonds. The summed E-state index contributed by atoms with van der Waals surface area (Å²) >= 11 is 12.9. The number of anilines is 2. The lowest BCUT2D eigenvalue weighted by atomic mass is 10.2. The normalized spacial score (nSPS) is 13.7. The van der Waals surface area contributed by atoms with Crippen molar-refractivity contribution in [2.45, 2.75) is 17.7 Å². The molecule has 0 aliphatic carbocycles. The summed E-state index contributed by atoms with van der Waals surface area (Å²) in [6.45, 7) is 1.22. The number of carbonyl (C=O) groups excluding carboxylic acids is 1. The lowest BCUT2D eigenvalue weighted by Gasteiger charge is -2.18. The van der Waals surface area contributed by atoms with Crippen LogP contribution >= 0.6 is 35.6 Å². The first-order valence-electron chi connectivity index (χ1n) is 8.56. The predicted molar refractivity (Wildman–Crippen MR) is 114 cm³/mol. The van der Waals surface area contributed by atoms with Gasteiger partial charge in [0.1, 0.15) is 5.82 Å². The van der Waals surface area contributed by atoms with Crippen LogP contribution in [0.15, 0.2) is 47.4 Å². The third kappa shape index (κ3) is 5.57. The monoisotopic (exact) mass is 423 g/mol. The lowest BCUT2D eigenvalue weighted by Crippen LogP contribution is -2.30. The zero-order chi connectivity index (χ0) is 19.2. The lowest BCUT2D eigenvalue weighted by molar-refractivity contribution is -0.117. The van der Waals surface area contributed by atoms with E-state index in [1.165, 1.54) is 11.0 Å². The second-order valence-corrected chi connectivity index (χ2v) is 8.01. The Morgan fingerprint density at radius 2 is 2.04 bits per heavy atom. The van der Waals surface area contributed by atoms with E-state index in [0.717, 1.165) is 22.1 Å². The van der Waals surface area contributed by atoms with E-state index < -0.39 is 5.82 Å². The second kappa shape index (κ2) is 9.39. The molecular formula is C19H19ClFN3OS2. The number of halogens is 2. The molecule has 0 saturated carbocycles. The fourth-order valence-electron chi connectivity index (χ4n) is 2.74. The van der Waals surface area contributed by atoms with Crippen LogP contribution in [-0.4, -0.2) is 29.9 Å². The Labute approximate surface area is 172 Å². The van der Waals surface area contributed by atoms with Gasteiger partial charge in [0.05, 0.1) is 5.69 Å². The van der Waals surface area contributed by atoms with Gasteiger partial charge in [0.15, 0.2) is 5.11 Å². The summed E-state index contributed by atoms with van der Waals surface area (Å²) in [4.78, 5) is 14.5. The van der Waals surface area contributed by atoms with Crippen LogP contribution in [0, 0.1) is 5.82 Å². The largest absolute Gasteiger partial charge is 0.362 e. The van der Waals surface area contributed by atoms with Gasteiger partial charge in [-0.15, -0.1) is 11.8 Å². The summed E-state index contributed by atoms with van der Waals surface area (Å²) in [6.07, 6.45) is 1.21. The minimum Gasteiger partial charge on any atom is -0.362 e. The number of rotatable bonds is 6. The summed E-state index contributed by atoms with van der Waals surface area (Å²) in [6, 6.07) is 12.3. The fraction of sp³-hybridized carbons (Fsp3) is 0.263. The first-order chi connectivity index (χ1) is 13.0. The molecule has 27 heavy (non-hydrogen) atoms. The van der Waals surface area contributed by atoms with Gasteiger partial charge >= 0.3 is 0 Å². The van der Waals surface area contributed by atoms with E-state index >= 15 is 0 Å². The van der Waals surface area contributed by atoms with Gasteiger partial charge in [-0.25, -0.2) is 4.39 Å². The third-order valence-corrected chi connectivity index (χ3v) is 5.55. The van der Waals surface area contributed by atoms with Gasteiger partial charge in [0.2, 0.25) is 5.91 Å². The Hall–Kier alpha value is -1.83. The SMILES string of the molecule is O=C1CCCN1c1cc(NC(=S)NCCSc2ccc(Cl)cc2)ccc1F. The Morgan fingerprint density at radius 3 is 2.74 bits per heavy atom. The third-order valence-electron chi connectivity index (χ3n) is 4.04. The molecule has 1 heterocycles. The van der Waals surface area contributed by atoms with Crippen molar-refractivity contribution in [3.63, 3.8) is 0 Å². The van der Waals surface area contributed by atoms with Crippen molar-refractivity contribution in [3.8, 4) is 0 Å². The second-order valence-electron chi connectivity index (χ2n) is 6.00. The maximum Gasteiger partial charge on any atom is 0.227 e. The number of nitrogens with one attached hydrogen (secondary N) is 2. The predicted octanol–water partition coefficient (Wildman–Crippen LogP) is 4.68. The number of hydrogen-bond donors (Lipinski definition) is 2. The van der Waals surface area contributed by atoms with Gasteiger partial charge in [-0.2, -0.15) is 0 Å². The van der Waals surface area contributed by atoms with Crippen LogP contribution < -0.4 is 15.5 Å². The molecule has 2 aromatic rings. The summed E-state index contributed by atoms with van der Waals surface area (Å²) in [5.74, 6) is 0.375. The van der Waals surface area contributed by atoms with Crippen LogP contribution in [0.5, 0.6) is 0 Å². The van der Waals surface area contributed by atoms with E-state index in [-0.39, 0.29) is 5.91 Å². The number of carbonyl (C=O) groups is 1. The zero-order valence-electron chi connectivity index (χ0n) is 14.5. The molecule has 0 aromatic heterocycles. The smallest absolute Gasteiger partial charge is 0.227 e. The van der Waals surface area contributed by atoms with E-state index in [1.54, 1.807) is 23.9 Å². The van der Waals surface area contributed by atoms with Crippen molar-refractivity contribution >= 4 is 58.0 Å². The molecule has 2 aromatic carbocycles. The molecular weight excluding hydrogens is 405 g/mol. The maximum atomic E-state index is 14.1. The Kier molecular flexibility index (Phi) is 6.93. The van der Waals surface area contributed by atoms with Crippen molar-refractivity contribution in [3.05, 3.63) is 53.3 Å². The summed E-state index contributed by atoms with van der Waals surface area (Å²) < 4.78 is 14.1. The molecule has 1 aliphatic rings. The van der Waals surface area contributed by atoms with Gasteiger partial charge in [-0.3, -0.25) is 4.79 Å². The summed E-state index contributed by atoms with van der Waals surface area (Å²) in [5, 5.41) is 7.34. The molecule has 0 unspecified atom stereocenters. The van der Waals surface area contributed by atoms with Crippen LogP contribution in [0.2, 0.25) is 5.02 Å². The van der Waals surface area contributed by atoms with Crippen LogP contribution in [0.3, 0.4) is 0 Å². The van der Waals surface area contributed by atoms with Crippen LogP contribution in [0.1, 0.15) is 12.8 Å². The number of benzene rings is 2. The molecule has 1 fully saturated rings. The molecule has 0 spiro atoms. The fourth-order valence-corrected chi connectivity index (χ4v) is 3.85. The molecule has 2 N–H and O–H groups in total. The van der Waals surface area contributed by atoms with E-state index in [9.17, 15) is 9.18 Å². The maximum absolute atomic E-state index is 14.1. The number of hydrogen-bond acceptors (Lipinski definition) is 3. The van der Waals surface area contributed by atoms with Crippen molar-refractivity contribution in [1.82, 2.24) is 5.32 Å². The van der Waals surface area contributed by atoms with Crippen molar-refractivity contribution < 1.29 is 9.18 Å². The van der Waals surface area contributed by atoms with Crippen molar-refractivity contribution in [2.75, 3.05) is 29.1 Å². The van der Waals surface area contributed by atoms with Crippen LogP contribution in [0.25, 0.3) is 0 Å². The molecule has 1 aliphatic heterocycles. The van der Waals surface area contributed by atoms with Crippen LogP contribution in [0.4, 0.5) is 15.8 Å². The quantitative estimate of drug-likeness (QED) is 0.401. The highest BCUT2D eigenvalue weighted by Gasteiger charge is 2.24. The molecule has 0 bridgehead atoms. The molecule has 8 heteroatoms. The molecule has 4 nitrogen and oxygen atoms in total. The summed E-state index contributed by atoms with van der Waals surface area (Å²) in [7, 11) is 0. The van der Waals surface area contributed by atoms with Gasteiger partial charge in [-0.1, -0.05) is 11.6 Å². The van der Waals surface area contributed by atoms with E-state index in [1.807, 2.05) is 24.3 Å². The topological polar surface area (TPSA) is 44.4 Å². The molecule has 1 saturated heterocycles.